The molecule has 4 heterocycles. The van der Waals surface area contributed by atoms with Gasteiger partial charge in [0.1, 0.15) is 11.2 Å². The van der Waals surface area contributed by atoms with Crippen LogP contribution in [0.4, 0.5) is 0 Å². The second-order valence-corrected chi connectivity index (χ2v) is 12.4. The summed E-state index contributed by atoms with van der Waals surface area (Å²) in [6, 6.07) is 36.5. The predicted octanol–water partition coefficient (Wildman–Crippen LogP) is 9.31. The second kappa shape index (κ2) is 8.09. The van der Waals surface area contributed by atoms with Crippen molar-refractivity contribution in [2.75, 3.05) is 0 Å². The standard InChI is InChI=1S/C36H24N4S/c1-36(2)26-19-24-22-13-6-8-16-28(22)40(29(24)20-25(26)34-31(36)23-14-7-9-17-30(23)41-34)35-38-27-15-10-18-37-33(27)32(39-35)21-11-4-3-5-12-21/h3-20H,1-2H3. The van der Waals surface area contributed by atoms with Crippen LogP contribution in [0.25, 0.3) is 70.6 Å². The van der Waals surface area contributed by atoms with Crippen molar-refractivity contribution in [2.24, 2.45) is 0 Å². The smallest absolute Gasteiger partial charge is 0.235 e. The third-order valence-electron chi connectivity index (χ3n) is 8.64. The van der Waals surface area contributed by atoms with Crippen LogP contribution >= 0.6 is 11.3 Å². The first-order chi connectivity index (χ1) is 20.1. The third kappa shape index (κ3) is 3.07. The Morgan fingerprint density at radius 3 is 2.37 bits per heavy atom. The molecule has 1 aliphatic rings. The lowest BCUT2D eigenvalue weighted by Gasteiger charge is -2.21. The molecule has 4 nitrogen and oxygen atoms in total. The van der Waals surface area contributed by atoms with E-state index in [2.05, 4.69) is 96.2 Å². The summed E-state index contributed by atoms with van der Waals surface area (Å²) in [7, 11) is 0. The molecule has 194 valence electrons. The molecule has 9 rings (SSSR count). The summed E-state index contributed by atoms with van der Waals surface area (Å²) >= 11 is 1.90. The van der Waals surface area contributed by atoms with Gasteiger partial charge >= 0.3 is 0 Å². The Balaban J connectivity index is 1.40. The van der Waals surface area contributed by atoms with Crippen molar-refractivity contribution in [3.05, 3.63) is 120 Å². The molecule has 0 amide bonds. The molecule has 0 spiro atoms. The van der Waals surface area contributed by atoms with E-state index in [1.54, 1.807) is 0 Å². The van der Waals surface area contributed by atoms with Gasteiger partial charge in [-0.2, -0.15) is 0 Å². The van der Waals surface area contributed by atoms with Crippen LogP contribution in [0.15, 0.2) is 109 Å². The van der Waals surface area contributed by atoms with Crippen molar-refractivity contribution in [1.82, 2.24) is 19.5 Å². The van der Waals surface area contributed by atoms with Gasteiger partial charge in [0, 0.05) is 37.5 Å². The molecule has 0 N–H and O–H groups in total. The SMILES string of the molecule is CC1(C)c2cc3c4ccccc4n(-c4nc(-c5ccccc5)c5ncccc5n4)c3cc2-c2sc3ccccc3c21. The van der Waals surface area contributed by atoms with Crippen LogP contribution in [-0.2, 0) is 5.41 Å². The summed E-state index contributed by atoms with van der Waals surface area (Å²) < 4.78 is 3.58. The summed E-state index contributed by atoms with van der Waals surface area (Å²) in [5, 5.41) is 3.80. The van der Waals surface area contributed by atoms with Crippen molar-refractivity contribution < 1.29 is 0 Å². The lowest BCUT2D eigenvalue weighted by atomic mass is 9.81. The molecule has 4 aromatic carbocycles. The Bertz CT molecular complexity index is 2340. The highest BCUT2D eigenvalue weighted by molar-refractivity contribution is 7.22. The normalized spacial score (nSPS) is 13.8. The topological polar surface area (TPSA) is 43.6 Å². The van der Waals surface area contributed by atoms with Gasteiger partial charge in [-0.15, -0.1) is 11.3 Å². The Labute approximate surface area is 240 Å². The molecule has 0 radical (unpaired) electrons. The minimum atomic E-state index is -0.0900. The average Bonchev–Trinajstić information content (AvgIpc) is 3.63. The van der Waals surface area contributed by atoms with Crippen LogP contribution in [0.5, 0.6) is 0 Å². The van der Waals surface area contributed by atoms with Crippen LogP contribution in [0.2, 0.25) is 0 Å². The quantitative estimate of drug-likeness (QED) is 0.218. The molecule has 8 aromatic rings. The molecule has 0 aliphatic heterocycles. The predicted molar refractivity (Wildman–Crippen MR) is 170 cm³/mol. The highest BCUT2D eigenvalue weighted by Gasteiger charge is 2.39. The van der Waals surface area contributed by atoms with Gasteiger partial charge in [0.25, 0.3) is 0 Å². The summed E-state index contributed by atoms with van der Waals surface area (Å²) in [6.07, 6.45) is 1.81. The molecule has 41 heavy (non-hydrogen) atoms. The molecule has 0 saturated heterocycles. The lowest BCUT2D eigenvalue weighted by molar-refractivity contribution is 0.668. The second-order valence-electron chi connectivity index (χ2n) is 11.3. The zero-order valence-electron chi connectivity index (χ0n) is 22.6. The molecular formula is C36H24N4S. The number of nitrogens with zero attached hydrogens (tertiary/aromatic N) is 4. The summed E-state index contributed by atoms with van der Waals surface area (Å²) in [4.78, 5) is 16.4. The zero-order chi connectivity index (χ0) is 27.3. The van der Waals surface area contributed by atoms with Crippen molar-refractivity contribution in [1.29, 1.82) is 0 Å². The summed E-state index contributed by atoms with van der Waals surface area (Å²) in [6.45, 7) is 4.74. The number of thiophene rings is 1. The van der Waals surface area contributed by atoms with Gasteiger partial charge in [0.2, 0.25) is 5.95 Å². The molecule has 1 aliphatic carbocycles. The maximum Gasteiger partial charge on any atom is 0.235 e. The molecule has 4 aromatic heterocycles. The summed E-state index contributed by atoms with van der Waals surface area (Å²) in [5.41, 5.74) is 9.77. The lowest BCUT2D eigenvalue weighted by Crippen LogP contribution is -2.14. The van der Waals surface area contributed by atoms with Crippen LogP contribution in [0.1, 0.15) is 25.0 Å². The zero-order valence-corrected chi connectivity index (χ0v) is 23.4. The van der Waals surface area contributed by atoms with Gasteiger partial charge in [-0.1, -0.05) is 80.6 Å². The maximum atomic E-state index is 5.21. The van der Waals surface area contributed by atoms with E-state index in [0.29, 0.717) is 5.95 Å². The van der Waals surface area contributed by atoms with Gasteiger partial charge < -0.3 is 0 Å². The van der Waals surface area contributed by atoms with Crippen molar-refractivity contribution in [2.45, 2.75) is 19.3 Å². The van der Waals surface area contributed by atoms with Crippen LogP contribution in [0.3, 0.4) is 0 Å². The Morgan fingerprint density at radius 1 is 0.707 bits per heavy atom. The minimum Gasteiger partial charge on any atom is -0.278 e. The van der Waals surface area contributed by atoms with Gasteiger partial charge in [-0.05, 0) is 58.5 Å². The maximum absolute atomic E-state index is 5.21. The fraction of sp³-hybridized carbons (Fsp3) is 0.0833. The van der Waals surface area contributed by atoms with Crippen molar-refractivity contribution in [3.63, 3.8) is 0 Å². The number of aromatic nitrogens is 4. The first kappa shape index (κ1) is 22.9. The molecule has 0 unspecified atom stereocenters. The van der Waals surface area contributed by atoms with Crippen LogP contribution < -0.4 is 0 Å². The van der Waals surface area contributed by atoms with Crippen LogP contribution in [0, 0.1) is 0 Å². The van der Waals surface area contributed by atoms with E-state index in [0.717, 1.165) is 33.3 Å². The first-order valence-electron chi connectivity index (χ1n) is 13.9. The van der Waals surface area contributed by atoms with E-state index >= 15 is 0 Å². The number of hydrogen-bond acceptors (Lipinski definition) is 4. The van der Waals surface area contributed by atoms with E-state index < -0.39 is 0 Å². The van der Waals surface area contributed by atoms with Gasteiger partial charge in [-0.3, -0.25) is 9.55 Å². The number of pyridine rings is 1. The fourth-order valence-electron chi connectivity index (χ4n) is 6.78. The number of fused-ring (bicyclic) bond motifs is 9. The third-order valence-corrected chi connectivity index (χ3v) is 9.84. The highest BCUT2D eigenvalue weighted by Crippen LogP contribution is 2.56. The fourth-order valence-corrected chi connectivity index (χ4v) is 8.17. The largest absolute Gasteiger partial charge is 0.278 e. The van der Waals surface area contributed by atoms with E-state index in [1.165, 1.54) is 42.4 Å². The Kier molecular flexibility index (Phi) is 4.52. The van der Waals surface area contributed by atoms with E-state index in [-0.39, 0.29) is 5.41 Å². The molecule has 0 saturated carbocycles. The number of hydrogen-bond donors (Lipinski definition) is 0. The van der Waals surface area contributed by atoms with Gasteiger partial charge in [-0.25, -0.2) is 9.97 Å². The molecular weight excluding hydrogens is 520 g/mol. The van der Waals surface area contributed by atoms with E-state index in [9.17, 15) is 0 Å². The van der Waals surface area contributed by atoms with Gasteiger partial charge in [0.05, 0.1) is 16.6 Å². The molecule has 0 atom stereocenters. The van der Waals surface area contributed by atoms with E-state index in [4.69, 9.17) is 9.97 Å². The molecule has 0 bridgehead atoms. The van der Waals surface area contributed by atoms with Crippen molar-refractivity contribution >= 4 is 54.3 Å². The van der Waals surface area contributed by atoms with Crippen LogP contribution in [-0.4, -0.2) is 19.5 Å². The average molecular weight is 545 g/mol. The molecule has 0 fully saturated rings. The van der Waals surface area contributed by atoms with Gasteiger partial charge in [0.15, 0.2) is 0 Å². The monoisotopic (exact) mass is 544 g/mol. The Hall–Kier alpha value is -4.87. The number of para-hydroxylation sites is 1. The van der Waals surface area contributed by atoms with E-state index in [1.807, 2.05) is 47.9 Å². The number of rotatable bonds is 2. The molecule has 5 heteroatoms. The highest BCUT2D eigenvalue weighted by atomic mass is 32.1. The summed E-state index contributed by atoms with van der Waals surface area (Å²) in [5.74, 6) is 0.657. The number of benzene rings is 4. The minimum absolute atomic E-state index is 0.0900. The first-order valence-corrected chi connectivity index (χ1v) is 14.7. The van der Waals surface area contributed by atoms with Crippen molar-refractivity contribution in [3.8, 4) is 27.6 Å². The Morgan fingerprint density at radius 2 is 1.49 bits per heavy atom.